The minimum Gasteiger partial charge on any atom is -0.482 e. The van der Waals surface area contributed by atoms with Crippen molar-refractivity contribution in [2.75, 3.05) is 43.4 Å². The highest BCUT2D eigenvalue weighted by molar-refractivity contribution is 5.93. The number of nitrogens with two attached hydrogens (primary N) is 1. The summed E-state index contributed by atoms with van der Waals surface area (Å²) in [6.45, 7) is 3.82. The van der Waals surface area contributed by atoms with Crippen LogP contribution in [0.15, 0.2) is 53.5 Å². The molecule has 1 fully saturated rings. The second kappa shape index (κ2) is 10.4. The number of furan rings is 1. The number of hydrogen-bond donors (Lipinski definition) is 1. The highest BCUT2D eigenvalue weighted by Gasteiger charge is 2.23. The Hall–Kier alpha value is -5.05. The third kappa shape index (κ3) is 4.76. The summed E-state index contributed by atoms with van der Waals surface area (Å²) in [7, 11) is 1.73. The van der Waals surface area contributed by atoms with E-state index in [2.05, 4.69) is 30.2 Å². The van der Waals surface area contributed by atoms with Crippen LogP contribution in [-0.2, 0) is 20.2 Å². The first-order valence-electron chi connectivity index (χ1n) is 13.4. The molecular formula is C27H27F2N11O2. The molecule has 0 atom stereocenters. The number of hydrogen-bond acceptors (Lipinski definition) is 10. The van der Waals surface area contributed by atoms with Crippen molar-refractivity contribution in [3.63, 3.8) is 0 Å². The summed E-state index contributed by atoms with van der Waals surface area (Å²) in [6.07, 6.45) is 4.89. The van der Waals surface area contributed by atoms with E-state index in [1.54, 1.807) is 30.1 Å². The molecule has 6 aromatic rings. The number of halogens is 2. The molecule has 0 saturated carbocycles. The number of rotatable bonds is 8. The Balaban J connectivity index is 1.01. The van der Waals surface area contributed by atoms with Crippen LogP contribution >= 0.6 is 0 Å². The maximum atomic E-state index is 14.8. The number of benzene rings is 1. The maximum Gasteiger partial charge on any atom is 0.223 e. The fourth-order valence-electron chi connectivity index (χ4n) is 5.20. The summed E-state index contributed by atoms with van der Waals surface area (Å²) in [4.78, 5) is 12.8. The molecule has 1 saturated heterocycles. The molecule has 13 nitrogen and oxygen atoms in total. The number of ether oxygens (including phenoxy) is 1. The number of piperazine rings is 1. The van der Waals surface area contributed by atoms with E-state index in [0.29, 0.717) is 67.9 Å². The zero-order valence-electron chi connectivity index (χ0n) is 22.7. The van der Waals surface area contributed by atoms with Gasteiger partial charge in [-0.2, -0.15) is 24.8 Å². The molecule has 7 rings (SSSR count). The number of nitrogens with zero attached hydrogens (tertiary/aromatic N) is 10. The summed E-state index contributed by atoms with van der Waals surface area (Å²) < 4.78 is 45.2. The smallest absolute Gasteiger partial charge is 0.223 e. The van der Waals surface area contributed by atoms with Crippen molar-refractivity contribution in [3.8, 4) is 17.2 Å². The van der Waals surface area contributed by atoms with Crippen LogP contribution in [0.4, 0.5) is 20.4 Å². The van der Waals surface area contributed by atoms with Crippen LogP contribution < -0.4 is 15.4 Å². The van der Waals surface area contributed by atoms with E-state index in [9.17, 15) is 8.78 Å². The molecule has 0 unspecified atom stereocenters. The molecule has 1 aromatic carbocycles. The Labute approximate surface area is 237 Å². The van der Waals surface area contributed by atoms with Crippen LogP contribution in [0.5, 0.6) is 5.75 Å². The second-order valence-electron chi connectivity index (χ2n) is 10.1. The van der Waals surface area contributed by atoms with Gasteiger partial charge in [0.1, 0.15) is 24.4 Å². The highest BCUT2D eigenvalue weighted by Crippen LogP contribution is 2.30. The van der Waals surface area contributed by atoms with Crippen LogP contribution in [0.2, 0.25) is 0 Å². The molecule has 0 bridgehead atoms. The van der Waals surface area contributed by atoms with E-state index in [1.165, 1.54) is 17.1 Å². The van der Waals surface area contributed by atoms with Gasteiger partial charge in [-0.05, 0) is 18.2 Å². The minimum atomic E-state index is -0.767. The van der Waals surface area contributed by atoms with Crippen molar-refractivity contribution >= 4 is 28.2 Å². The van der Waals surface area contributed by atoms with Gasteiger partial charge in [0.05, 0.1) is 35.6 Å². The number of aryl methyl sites for hydroxylation is 1. The third-order valence-corrected chi connectivity index (χ3v) is 7.35. The van der Waals surface area contributed by atoms with Gasteiger partial charge in [0.15, 0.2) is 28.8 Å². The first-order chi connectivity index (χ1) is 20.4. The number of anilines is 2. The van der Waals surface area contributed by atoms with Crippen molar-refractivity contribution in [2.45, 2.75) is 13.2 Å². The van der Waals surface area contributed by atoms with E-state index in [4.69, 9.17) is 14.9 Å². The molecule has 216 valence electrons. The van der Waals surface area contributed by atoms with Gasteiger partial charge in [-0.15, -0.1) is 0 Å². The monoisotopic (exact) mass is 575 g/mol. The summed E-state index contributed by atoms with van der Waals surface area (Å²) >= 11 is 0. The van der Waals surface area contributed by atoms with Crippen molar-refractivity contribution in [3.05, 3.63) is 66.6 Å². The van der Waals surface area contributed by atoms with Gasteiger partial charge in [-0.3, -0.25) is 9.58 Å². The van der Waals surface area contributed by atoms with Crippen molar-refractivity contribution in [1.82, 2.24) is 44.0 Å². The lowest BCUT2D eigenvalue weighted by molar-refractivity contribution is 0.244. The third-order valence-electron chi connectivity index (χ3n) is 7.35. The normalized spacial score (nSPS) is 14.4. The predicted octanol–water partition coefficient (Wildman–Crippen LogP) is 2.73. The van der Waals surface area contributed by atoms with Gasteiger partial charge >= 0.3 is 0 Å². The first-order valence-corrected chi connectivity index (χ1v) is 13.4. The van der Waals surface area contributed by atoms with E-state index in [1.807, 2.05) is 21.7 Å². The first kappa shape index (κ1) is 25.9. The Morgan fingerprint density at radius 3 is 2.67 bits per heavy atom. The lowest BCUT2D eigenvalue weighted by atomic mass is 10.2. The quantitative estimate of drug-likeness (QED) is 0.289. The Kier molecular flexibility index (Phi) is 6.42. The average Bonchev–Trinajstić information content (AvgIpc) is 3.79. The van der Waals surface area contributed by atoms with Gasteiger partial charge in [-0.1, -0.05) is 0 Å². The molecule has 6 heterocycles. The standard InChI is InChI=1S/C27H27F2N11O2/c1-36-16-31-25(35-36)15-42-24-13-22(18(28)11-19(24)29)38-7-4-37(5-8-38)6-9-39-26-17(14-32-39)21-12-20(23-3-2-10-41-23)34-40(21)27(30)33-26/h2-3,10-14,16H,4-9,15H2,1H3,(H2,30,33). The maximum absolute atomic E-state index is 14.8. The molecule has 1 aliphatic rings. The van der Waals surface area contributed by atoms with Gasteiger partial charge < -0.3 is 19.8 Å². The SMILES string of the molecule is Cn1cnc(COc2cc(N3CCN(CCn4ncc5c4nc(N)n4nc(-c6ccco6)cc54)CC3)c(F)cc2F)n1. The van der Waals surface area contributed by atoms with E-state index < -0.39 is 11.6 Å². The minimum absolute atomic E-state index is 0.0169. The van der Waals surface area contributed by atoms with E-state index in [-0.39, 0.29) is 18.3 Å². The molecule has 0 radical (unpaired) electrons. The van der Waals surface area contributed by atoms with Crippen LogP contribution in [-0.4, -0.2) is 76.8 Å². The van der Waals surface area contributed by atoms with Gasteiger partial charge in [0.2, 0.25) is 5.95 Å². The molecule has 2 N–H and O–H groups in total. The lowest BCUT2D eigenvalue weighted by Crippen LogP contribution is -2.47. The van der Waals surface area contributed by atoms with Crippen LogP contribution in [0.3, 0.4) is 0 Å². The highest BCUT2D eigenvalue weighted by atomic mass is 19.1. The summed E-state index contributed by atoms with van der Waals surface area (Å²) in [5.74, 6) is -0.126. The zero-order valence-corrected chi connectivity index (χ0v) is 22.7. The fraction of sp³-hybridized carbons (Fsp3) is 0.296. The molecule has 15 heteroatoms. The second-order valence-corrected chi connectivity index (χ2v) is 10.1. The van der Waals surface area contributed by atoms with Crippen LogP contribution in [0.25, 0.3) is 28.0 Å². The van der Waals surface area contributed by atoms with E-state index >= 15 is 0 Å². The summed E-state index contributed by atoms with van der Waals surface area (Å²) in [6, 6.07) is 7.82. The summed E-state index contributed by atoms with van der Waals surface area (Å²) in [5, 5.41) is 14.0. The lowest BCUT2D eigenvalue weighted by Gasteiger charge is -2.36. The Bertz CT molecular complexity index is 1870. The van der Waals surface area contributed by atoms with Gasteiger partial charge in [0, 0.05) is 51.9 Å². The van der Waals surface area contributed by atoms with E-state index in [0.717, 1.165) is 17.0 Å². The topological polar surface area (TPSA) is 134 Å². The molecular weight excluding hydrogens is 548 g/mol. The Morgan fingerprint density at radius 2 is 1.90 bits per heavy atom. The zero-order chi connectivity index (χ0) is 28.8. The average molecular weight is 576 g/mol. The van der Waals surface area contributed by atoms with Crippen molar-refractivity contribution in [2.24, 2.45) is 7.05 Å². The van der Waals surface area contributed by atoms with Crippen molar-refractivity contribution in [1.29, 1.82) is 0 Å². The fourth-order valence-corrected chi connectivity index (χ4v) is 5.20. The predicted molar refractivity (Wildman–Crippen MR) is 149 cm³/mol. The summed E-state index contributed by atoms with van der Waals surface area (Å²) in [5.41, 5.74) is 8.67. The number of nitrogen functional groups attached to an aromatic ring is 1. The molecule has 42 heavy (non-hydrogen) atoms. The van der Waals surface area contributed by atoms with Gasteiger partial charge in [0.25, 0.3) is 0 Å². The molecule has 1 aliphatic heterocycles. The number of aromatic nitrogens is 8. The molecule has 5 aromatic heterocycles. The molecule has 0 amide bonds. The van der Waals surface area contributed by atoms with Crippen LogP contribution in [0, 0.1) is 11.6 Å². The van der Waals surface area contributed by atoms with Crippen molar-refractivity contribution < 1.29 is 17.9 Å². The molecule has 0 aliphatic carbocycles. The Morgan fingerprint density at radius 1 is 1.05 bits per heavy atom. The van der Waals surface area contributed by atoms with Crippen LogP contribution in [0.1, 0.15) is 5.82 Å². The van der Waals surface area contributed by atoms with Gasteiger partial charge in [-0.25, -0.2) is 18.4 Å². The largest absolute Gasteiger partial charge is 0.482 e. The number of fused-ring (bicyclic) bond motifs is 3. The molecule has 0 spiro atoms.